The average molecular weight is 361 g/mol. The quantitative estimate of drug-likeness (QED) is 0.612. The Balaban J connectivity index is 1.32. The van der Waals surface area contributed by atoms with Gasteiger partial charge in [0.15, 0.2) is 6.10 Å². The second-order valence-electron chi connectivity index (χ2n) is 6.81. The SMILES string of the molecule is C[C@H](CC[C@H]1O[C@H]2CC(=O)O[C@H]2[C@H]1O)ON1C(=O)c2ccccc2C1=O. The van der Waals surface area contributed by atoms with Crippen molar-refractivity contribution in [1.29, 1.82) is 0 Å². The molecule has 8 heteroatoms. The molecule has 26 heavy (non-hydrogen) atoms. The Labute approximate surface area is 149 Å². The van der Waals surface area contributed by atoms with Gasteiger partial charge in [-0.1, -0.05) is 12.1 Å². The standard InChI is InChI=1S/C18H19NO7/c1-9(6-7-12-15(21)16-13(24-12)8-14(20)25-16)26-19-17(22)10-4-2-3-5-11(10)18(19)23/h2-5,9,12-13,15-16,21H,6-8H2,1H3/t9-,12-,13+,15+,16-/m1/s1. The highest BCUT2D eigenvalue weighted by atomic mass is 16.7. The fourth-order valence-corrected chi connectivity index (χ4v) is 3.62. The summed E-state index contributed by atoms with van der Waals surface area (Å²) in [5.74, 6) is -1.31. The van der Waals surface area contributed by atoms with Gasteiger partial charge in [0, 0.05) is 0 Å². The summed E-state index contributed by atoms with van der Waals surface area (Å²) in [5.41, 5.74) is 0.655. The summed E-state index contributed by atoms with van der Waals surface area (Å²) < 4.78 is 10.7. The van der Waals surface area contributed by atoms with Crippen molar-refractivity contribution in [3.05, 3.63) is 35.4 Å². The van der Waals surface area contributed by atoms with Gasteiger partial charge in [0.05, 0.1) is 29.8 Å². The number of rotatable bonds is 5. The smallest absolute Gasteiger partial charge is 0.309 e. The van der Waals surface area contributed by atoms with E-state index in [1.54, 1.807) is 31.2 Å². The van der Waals surface area contributed by atoms with Crippen LogP contribution in [0, 0.1) is 0 Å². The van der Waals surface area contributed by atoms with Crippen molar-refractivity contribution in [2.45, 2.75) is 56.7 Å². The molecule has 0 aliphatic carbocycles. The summed E-state index contributed by atoms with van der Waals surface area (Å²) in [5, 5.41) is 11.0. The fraction of sp³-hybridized carbons (Fsp3) is 0.500. The predicted octanol–water partition coefficient (Wildman–Crippen LogP) is 0.827. The normalized spacial score (nSPS) is 31.2. The Morgan fingerprint density at radius 1 is 1.23 bits per heavy atom. The number of imide groups is 1. The summed E-state index contributed by atoms with van der Waals surface area (Å²) in [6.07, 6.45) is -1.73. The monoisotopic (exact) mass is 361 g/mol. The minimum absolute atomic E-state index is 0.152. The third kappa shape index (κ3) is 2.80. The third-order valence-electron chi connectivity index (χ3n) is 4.97. The van der Waals surface area contributed by atoms with Crippen molar-refractivity contribution in [2.75, 3.05) is 0 Å². The summed E-state index contributed by atoms with van der Waals surface area (Å²) in [4.78, 5) is 41.3. The molecule has 0 saturated carbocycles. The molecule has 2 saturated heterocycles. The summed E-state index contributed by atoms with van der Waals surface area (Å²) in [6, 6.07) is 6.57. The number of hydrogen-bond donors (Lipinski definition) is 1. The van der Waals surface area contributed by atoms with Crippen molar-refractivity contribution < 1.29 is 33.8 Å². The number of carbonyl (C=O) groups is 3. The minimum Gasteiger partial charge on any atom is -0.457 e. The van der Waals surface area contributed by atoms with Crippen LogP contribution in [0.2, 0.25) is 0 Å². The molecule has 1 aromatic rings. The Morgan fingerprint density at radius 3 is 2.50 bits per heavy atom. The Kier molecular flexibility index (Phi) is 4.26. The number of carbonyl (C=O) groups excluding carboxylic acids is 3. The van der Waals surface area contributed by atoms with Crippen molar-refractivity contribution >= 4 is 17.8 Å². The van der Waals surface area contributed by atoms with E-state index in [1.165, 1.54) is 0 Å². The molecule has 0 aromatic heterocycles. The zero-order valence-electron chi connectivity index (χ0n) is 14.2. The highest BCUT2D eigenvalue weighted by Crippen LogP contribution is 2.34. The molecule has 3 heterocycles. The van der Waals surface area contributed by atoms with Crippen LogP contribution in [0.4, 0.5) is 0 Å². The first-order valence-corrected chi connectivity index (χ1v) is 8.63. The molecule has 0 radical (unpaired) electrons. The fourth-order valence-electron chi connectivity index (χ4n) is 3.62. The molecule has 0 bridgehead atoms. The van der Waals surface area contributed by atoms with Crippen molar-refractivity contribution in [1.82, 2.24) is 5.06 Å². The first kappa shape index (κ1) is 17.1. The number of fused-ring (bicyclic) bond motifs is 2. The molecule has 1 aromatic carbocycles. The molecule has 3 aliphatic rings. The number of amides is 2. The van der Waals surface area contributed by atoms with E-state index in [1.807, 2.05) is 0 Å². The lowest BCUT2D eigenvalue weighted by Gasteiger charge is -2.21. The number of aliphatic hydroxyl groups is 1. The summed E-state index contributed by atoms with van der Waals surface area (Å²) >= 11 is 0. The molecular formula is C18H19NO7. The van der Waals surface area contributed by atoms with Gasteiger partial charge in [-0.2, -0.15) is 0 Å². The van der Waals surface area contributed by atoms with Crippen LogP contribution in [0.15, 0.2) is 24.3 Å². The van der Waals surface area contributed by atoms with Crippen LogP contribution >= 0.6 is 0 Å². The highest BCUT2D eigenvalue weighted by molar-refractivity contribution is 6.20. The van der Waals surface area contributed by atoms with Crippen molar-refractivity contribution in [3.8, 4) is 0 Å². The maximum Gasteiger partial charge on any atom is 0.309 e. The lowest BCUT2D eigenvalue weighted by molar-refractivity contribution is -0.146. The second-order valence-corrected chi connectivity index (χ2v) is 6.81. The summed E-state index contributed by atoms with van der Waals surface area (Å²) in [6.45, 7) is 1.74. The largest absolute Gasteiger partial charge is 0.457 e. The van der Waals surface area contributed by atoms with E-state index in [-0.39, 0.29) is 12.4 Å². The number of aliphatic hydroxyl groups excluding tert-OH is 1. The summed E-state index contributed by atoms with van der Waals surface area (Å²) in [7, 11) is 0. The first-order valence-electron chi connectivity index (χ1n) is 8.63. The minimum atomic E-state index is -0.877. The molecule has 138 valence electrons. The van der Waals surface area contributed by atoms with Gasteiger partial charge < -0.3 is 14.6 Å². The Hall–Kier alpha value is -2.29. The van der Waals surface area contributed by atoms with Crippen LogP contribution < -0.4 is 0 Å². The van der Waals surface area contributed by atoms with Crippen LogP contribution in [-0.4, -0.2) is 58.5 Å². The highest BCUT2D eigenvalue weighted by Gasteiger charge is 2.50. The number of nitrogens with zero attached hydrogens (tertiary/aromatic N) is 1. The molecule has 0 spiro atoms. The Morgan fingerprint density at radius 2 is 1.88 bits per heavy atom. The van der Waals surface area contributed by atoms with Gasteiger partial charge in [-0.3, -0.25) is 19.2 Å². The zero-order valence-corrected chi connectivity index (χ0v) is 14.2. The van der Waals surface area contributed by atoms with Crippen LogP contribution in [0.25, 0.3) is 0 Å². The number of hydrogen-bond acceptors (Lipinski definition) is 7. The van der Waals surface area contributed by atoms with E-state index >= 15 is 0 Å². The molecule has 8 nitrogen and oxygen atoms in total. The van der Waals surface area contributed by atoms with Gasteiger partial charge in [0.1, 0.15) is 12.2 Å². The predicted molar refractivity (Wildman–Crippen MR) is 85.9 cm³/mol. The van der Waals surface area contributed by atoms with Crippen LogP contribution in [-0.2, 0) is 19.1 Å². The van der Waals surface area contributed by atoms with E-state index in [9.17, 15) is 19.5 Å². The second kappa shape index (κ2) is 6.46. The van der Waals surface area contributed by atoms with Crippen LogP contribution in [0.3, 0.4) is 0 Å². The van der Waals surface area contributed by atoms with E-state index in [4.69, 9.17) is 14.3 Å². The maximum absolute atomic E-state index is 12.3. The zero-order chi connectivity index (χ0) is 18.4. The van der Waals surface area contributed by atoms with E-state index in [0.717, 1.165) is 5.06 Å². The average Bonchev–Trinajstić information content (AvgIpc) is 3.21. The molecule has 5 atom stereocenters. The van der Waals surface area contributed by atoms with E-state index in [2.05, 4.69) is 0 Å². The molecular weight excluding hydrogens is 342 g/mol. The molecule has 4 rings (SSSR count). The number of esters is 1. The van der Waals surface area contributed by atoms with E-state index in [0.29, 0.717) is 24.0 Å². The van der Waals surface area contributed by atoms with Gasteiger partial charge in [0.2, 0.25) is 0 Å². The van der Waals surface area contributed by atoms with Gasteiger partial charge in [-0.15, -0.1) is 5.06 Å². The molecule has 2 fully saturated rings. The topological polar surface area (TPSA) is 102 Å². The first-order chi connectivity index (χ1) is 12.5. The molecule has 2 amide bonds. The lowest BCUT2D eigenvalue weighted by atomic mass is 10.0. The number of ether oxygens (including phenoxy) is 2. The van der Waals surface area contributed by atoms with Gasteiger partial charge in [-0.25, -0.2) is 0 Å². The van der Waals surface area contributed by atoms with Gasteiger partial charge >= 0.3 is 5.97 Å². The number of benzene rings is 1. The third-order valence-corrected chi connectivity index (χ3v) is 4.97. The van der Waals surface area contributed by atoms with Crippen LogP contribution in [0.5, 0.6) is 0 Å². The van der Waals surface area contributed by atoms with Gasteiger partial charge in [0.25, 0.3) is 11.8 Å². The molecule has 1 N–H and O–H groups in total. The Bertz CT molecular complexity index is 729. The van der Waals surface area contributed by atoms with Crippen molar-refractivity contribution in [2.24, 2.45) is 0 Å². The number of hydroxylamine groups is 2. The van der Waals surface area contributed by atoms with Crippen LogP contribution in [0.1, 0.15) is 46.9 Å². The molecule has 0 unspecified atom stereocenters. The molecule has 3 aliphatic heterocycles. The van der Waals surface area contributed by atoms with E-state index < -0.39 is 42.3 Å². The lowest BCUT2D eigenvalue weighted by Crippen LogP contribution is -2.35. The maximum atomic E-state index is 12.3. The van der Waals surface area contributed by atoms with Crippen molar-refractivity contribution in [3.63, 3.8) is 0 Å². The van der Waals surface area contributed by atoms with Gasteiger partial charge in [-0.05, 0) is 31.9 Å².